The summed E-state index contributed by atoms with van der Waals surface area (Å²) in [7, 11) is 0. The SMILES string of the molecule is CCCc1ccccc1NC(=O)c1cccc(N)c1C. The Kier molecular flexibility index (Phi) is 4.41. The van der Waals surface area contributed by atoms with Crippen LogP contribution in [0.2, 0.25) is 0 Å². The first kappa shape index (κ1) is 14.1. The second-order valence-electron chi connectivity index (χ2n) is 4.88. The molecular formula is C17H20N2O. The Hall–Kier alpha value is -2.29. The highest BCUT2D eigenvalue weighted by atomic mass is 16.1. The van der Waals surface area contributed by atoms with Crippen LogP contribution >= 0.6 is 0 Å². The predicted molar refractivity (Wildman–Crippen MR) is 84.0 cm³/mol. The van der Waals surface area contributed by atoms with Gasteiger partial charge in [0, 0.05) is 16.9 Å². The van der Waals surface area contributed by atoms with E-state index in [1.165, 1.54) is 0 Å². The van der Waals surface area contributed by atoms with Gasteiger partial charge in [-0.25, -0.2) is 0 Å². The number of carbonyl (C=O) groups is 1. The number of aryl methyl sites for hydroxylation is 1. The molecule has 0 aliphatic rings. The van der Waals surface area contributed by atoms with Gasteiger partial charge in [-0.15, -0.1) is 0 Å². The molecule has 3 nitrogen and oxygen atoms in total. The lowest BCUT2D eigenvalue weighted by molar-refractivity contribution is 0.102. The summed E-state index contributed by atoms with van der Waals surface area (Å²) in [6.45, 7) is 3.99. The zero-order valence-electron chi connectivity index (χ0n) is 11.9. The molecule has 0 spiro atoms. The minimum atomic E-state index is -0.113. The van der Waals surface area contributed by atoms with Gasteiger partial charge < -0.3 is 11.1 Å². The third-order valence-electron chi connectivity index (χ3n) is 3.41. The molecule has 0 aliphatic heterocycles. The Labute approximate surface area is 119 Å². The molecule has 0 aromatic heterocycles. The van der Waals surface area contributed by atoms with Gasteiger partial charge in [-0.05, 0) is 42.7 Å². The van der Waals surface area contributed by atoms with Crippen LogP contribution in [0.5, 0.6) is 0 Å². The van der Waals surface area contributed by atoms with Gasteiger partial charge in [-0.2, -0.15) is 0 Å². The van der Waals surface area contributed by atoms with Crippen LogP contribution in [-0.4, -0.2) is 5.91 Å². The van der Waals surface area contributed by atoms with Crippen molar-refractivity contribution in [1.29, 1.82) is 0 Å². The lowest BCUT2D eigenvalue weighted by Gasteiger charge is -2.12. The van der Waals surface area contributed by atoms with Crippen molar-refractivity contribution in [3.8, 4) is 0 Å². The van der Waals surface area contributed by atoms with E-state index in [-0.39, 0.29) is 5.91 Å². The van der Waals surface area contributed by atoms with Crippen molar-refractivity contribution in [1.82, 2.24) is 0 Å². The first-order valence-corrected chi connectivity index (χ1v) is 6.87. The van der Waals surface area contributed by atoms with Crippen LogP contribution in [0.25, 0.3) is 0 Å². The number of carbonyl (C=O) groups excluding carboxylic acids is 1. The molecule has 2 aromatic carbocycles. The van der Waals surface area contributed by atoms with Crippen LogP contribution in [0.4, 0.5) is 11.4 Å². The van der Waals surface area contributed by atoms with Gasteiger partial charge in [0.2, 0.25) is 0 Å². The van der Waals surface area contributed by atoms with E-state index in [1.54, 1.807) is 18.2 Å². The summed E-state index contributed by atoms with van der Waals surface area (Å²) in [5.74, 6) is -0.113. The van der Waals surface area contributed by atoms with Crippen molar-refractivity contribution in [2.75, 3.05) is 11.1 Å². The smallest absolute Gasteiger partial charge is 0.256 e. The van der Waals surface area contributed by atoms with Crippen molar-refractivity contribution >= 4 is 17.3 Å². The third kappa shape index (κ3) is 2.99. The summed E-state index contributed by atoms with van der Waals surface area (Å²) >= 11 is 0. The highest BCUT2D eigenvalue weighted by Crippen LogP contribution is 2.20. The van der Waals surface area contributed by atoms with Gasteiger partial charge in [0.1, 0.15) is 0 Å². The number of rotatable bonds is 4. The maximum atomic E-state index is 12.4. The van der Waals surface area contributed by atoms with Crippen LogP contribution in [-0.2, 0) is 6.42 Å². The van der Waals surface area contributed by atoms with E-state index >= 15 is 0 Å². The fourth-order valence-electron chi connectivity index (χ4n) is 2.22. The molecule has 0 aliphatic carbocycles. The fraction of sp³-hybridized carbons (Fsp3) is 0.235. The zero-order chi connectivity index (χ0) is 14.5. The number of amides is 1. The van der Waals surface area contributed by atoms with Crippen LogP contribution in [0.1, 0.15) is 34.8 Å². The molecule has 3 heteroatoms. The molecule has 2 aromatic rings. The zero-order valence-corrected chi connectivity index (χ0v) is 11.9. The molecule has 0 radical (unpaired) electrons. The minimum Gasteiger partial charge on any atom is -0.398 e. The predicted octanol–water partition coefficient (Wildman–Crippen LogP) is 3.78. The Balaban J connectivity index is 2.26. The standard InChI is InChI=1S/C17H20N2O/c1-3-7-13-8-4-5-11-16(13)19-17(20)14-9-6-10-15(18)12(14)2/h4-6,8-11H,3,7,18H2,1-2H3,(H,19,20). The van der Waals surface area contributed by atoms with Crippen molar-refractivity contribution < 1.29 is 4.79 Å². The second kappa shape index (κ2) is 6.24. The van der Waals surface area contributed by atoms with E-state index in [0.29, 0.717) is 11.3 Å². The third-order valence-corrected chi connectivity index (χ3v) is 3.41. The van der Waals surface area contributed by atoms with Crippen molar-refractivity contribution in [3.63, 3.8) is 0 Å². The van der Waals surface area contributed by atoms with Gasteiger partial charge in [0.15, 0.2) is 0 Å². The molecule has 0 saturated heterocycles. The molecule has 3 N–H and O–H groups in total. The summed E-state index contributed by atoms with van der Waals surface area (Å²) in [5.41, 5.74) is 9.96. The lowest BCUT2D eigenvalue weighted by Crippen LogP contribution is -2.15. The monoisotopic (exact) mass is 268 g/mol. The number of hydrogen-bond donors (Lipinski definition) is 2. The normalized spacial score (nSPS) is 10.3. The maximum Gasteiger partial charge on any atom is 0.256 e. The second-order valence-corrected chi connectivity index (χ2v) is 4.88. The quantitative estimate of drug-likeness (QED) is 0.829. The average Bonchev–Trinajstić information content (AvgIpc) is 2.44. The van der Waals surface area contributed by atoms with Crippen LogP contribution < -0.4 is 11.1 Å². The van der Waals surface area contributed by atoms with E-state index in [2.05, 4.69) is 12.2 Å². The molecule has 0 unspecified atom stereocenters. The van der Waals surface area contributed by atoms with E-state index in [4.69, 9.17) is 5.73 Å². The molecular weight excluding hydrogens is 248 g/mol. The first-order chi connectivity index (χ1) is 9.63. The Morgan fingerprint density at radius 3 is 2.65 bits per heavy atom. The van der Waals surface area contributed by atoms with Crippen molar-refractivity contribution in [3.05, 3.63) is 59.2 Å². The van der Waals surface area contributed by atoms with Gasteiger partial charge in [-0.1, -0.05) is 37.6 Å². The summed E-state index contributed by atoms with van der Waals surface area (Å²) < 4.78 is 0. The van der Waals surface area contributed by atoms with E-state index in [9.17, 15) is 4.79 Å². The fourth-order valence-corrected chi connectivity index (χ4v) is 2.22. The lowest BCUT2D eigenvalue weighted by atomic mass is 10.0. The summed E-state index contributed by atoms with van der Waals surface area (Å²) in [5, 5.41) is 2.99. The maximum absolute atomic E-state index is 12.4. The number of para-hydroxylation sites is 1. The van der Waals surface area contributed by atoms with E-state index < -0.39 is 0 Å². The van der Waals surface area contributed by atoms with Crippen LogP contribution in [0, 0.1) is 6.92 Å². The van der Waals surface area contributed by atoms with Crippen LogP contribution in [0.15, 0.2) is 42.5 Å². The number of hydrogen-bond acceptors (Lipinski definition) is 2. The van der Waals surface area contributed by atoms with E-state index in [0.717, 1.165) is 29.7 Å². The van der Waals surface area contributed by atoms with Gasteiger partial charge >= 0.3 is 0 Å². The summed E-state index contributed by atoms with van der Waals surface area (Å²) in [6.07, 6.45) is 2.00. The van der Waals surface area contributed by atoms with E-state index in [1.807, 2.05) is 31.2 Å². The minimum absolute atomic E-state index is 0.113. The van der Waals surface area contributed by atoms with Gasteiger partial charge in [-0.3, -0.25) is 4.79 Å². The molecule has 0 heterocycles. The highest BCUT2D eigenvalue weighted by molar-refractivity contribution is 6.06. The van der Waals surface area contributed by atoms with Crippen molar-refractivity contribution in [2.45, 2.75) is 26.7 Å². The van der Waals surface area contributed by atoms with Gasteiger partial charge in [0.05, 0.1) is 0 Å². The molecule has 0 fully saturated rings. The molecule has 0 atom stereocenters. The molecule has 0 saturated carbocycles. The number of nitrogens with two attached hydrogens (primary N) is 1. The summed E-state index contributed by atoms with van der Waals surface area (Å²) in [4.78, 5) is 12.4. The average molecular weight is 268 g/mol. The molecule has 104 valence electrons. The number of nitrogen functional groups attached to an aromatic ring is 1. The Bertz CT molecular complexity index is 620. The highest BCUT2D eigenvalue weighted by Gasteiger charge is 2.12. The number of nitrogens with one attached hydrogen (secondary N) is 1. The molecule has 20 heavy (non-hydrogen) atoms. The molecule has 2 rings (SSSR count). The van der Waals surface area contributed by atoms with Crippen molar-refractivity contribution in [2.24, 2.45) is 0 Å². The molecule has 1 amide bonds. The largest absolute Gasteiger partial charge is 0.398 e. The molecule has 0 bridgehead atoms. The first-order valence-electron chi connectivity index (χ1n) is 6.87. The Morgan fingerprint density at radius 2 is 1.90 bits per heavy atom. The van der Waals surface area contributed by atoms with Gasteiger partial charge in [0.25, 0.3) is 5.91 Å². The topological polar surface area (TPSA) is 55.1 Å². The van der Waals surface area contributed by atoms with Crippen LogP contribution in [0.3, 0.4) is 0 Å². The number of benzene rings is 2. The summed E-state index contributed by atoms with van der Waals surface area (Å²) in [6, 6.07) is 13.3. The number of anilines is 2. The Morgan fingerprint density at radius 1 is 1.15 bits per heavy atom.